The van der Waals surface area contributed by atoms with E-state index >= 15 is 0 Å². The Hall–Kier alpha value is -2.83. The third-order valence-electron chi connectivity index (χ3n) is 8.58. The number of para-hydroxylation sites is 1. The first-order chi connectivity index (χ1) is 18.2. The van der Waals surface area contributed by atoms with E-state index in [0.717, 1.165) is 36.5 Å². The first-order valence-electron chi connectivity index (χ1n) is 14.2. The molecule has 0 spiro atoms. The van der Waals surface area contributed by atoms with Gasteiger partial charge in [0.15, 0.2) is 0 Å². The molecule has 6 nitrogen and oxygen atoms in total. The minimum absolute atomic E-state index is 0.172. The summed E-state index contributed by atoms with van der Waals surface area (Å²) in [6.07, 6.45) is 8.92. The third-order valence-corrected chi connectivity index (χ3v) is 8.58. The Kier molecular flexibility index (Phi) is 7.21. The van der Waals surface area contributed by atoms with Crippen molar-refractivity contribution in [2.45, 2.75) is 63.5 Å². The number of likely N-dealkylation sites (tertiary alicyclic amines) is 1. The van der Waals surface area contributed by atoms with E-state index in [1.807, 2.05) is 12.1 Å². The van der Waals surface area contributed by atoms with Crippen LogP contribution in [0.15, 0.2) is 42.5 Å². The van der Waals surface area contributed by atoms with Crippen molar-refractivity contribution in [3.05, 3.63) is 53.6 Å². The predicted molar refractivity (Wildman–Crippen MR) is 147 cm³/mol. The van der Waals surface area contributed by atoms with Gasteiger partial charge < -0.3 is 24.3 Å². The molecule has 3 heterocycles. The van der Waals surface area contributed by atoms with Crippen molar-refractivity contribution in [2.75, 3.05) is 39.9 Å². The fraction of sp³-hybridized carbons (Fsp3) is 0.516. The standard InChI is InChI=1S/C31H39N3O3/c1-36-31(35)23-13-14-25-27(19-23)34-20-24(32-15-18-33-16-7-8-17-33)21-37-28-12-6-5-11-26(28)30(34)29(25)22-9-3-2-4-10-22/h5-6,11-14,19,22,24,32H,2-4,7-10,15-18,20-21H2,1H3. The number of nitrogens with zero attached hydrogens (tertiary/aromatic N) is 2. The van der Waals surface area contributed by atoms with Crippen LogP contribution in [0, 0.1) is 0 Å². The van der Waals surface area contributed by atoms with Gasteiger partial charge in [-0.2, -0.15) is 0 Å². The van der Waals surface area contributed by atoms with Crippen molar-refractivity contribution in [2.24, 2.45) is 0 Å². The molecule has 6 heteroatoms. The van der Waals surface area contributed by atoms with Gasteiger partial charge in [0.2, 0.25) is 0 Å². The molecule has 1 aromatic heterocycles. The van der Waals surface area contributed by atoms with Crippen molar-refractivity contribution >= 4 is 16.9 Å². The van der Waals surface area contributed by atoms with Crippen LogP contribution in [0.25, 0.3) is 22.2 Å². The first kappa shape index (κ1) is 24.5. The number of aromatic nitrogens is 1. The fourth-order valence-corrected chi connectivity index (χ4v) is 6.71. The number of carbonyl (C=O) groups excluding carboxylic acids is 1. The number of carbonyl (C=O) groups is 1. The quantitative estimate of drug-likeness (QED) is 0.447. The molecule has 6 rings (SSSR count). The largest absolute Gasteiger partial charge is 0.491 e. The monoisotopic (exact) mass is 501 g/mol. The number of ether oxygens (including phenoxy) is 2. The minimum atomic E-state index is -0.286. The zero-order chi connectivity index (χ0) is 25.2. The molecule has 1 aliphatic carbocycles. The molecule has 2 fully saturated rings. The molecule has 1 saturated carbocycles. The van der Waals surface area contributed by atoms with E-state index in [4.69, 9.17) is 9.47 Å². The van der Waals surface area contributed by atoms with Crippen molar-refractivity contribution < 1.29 is 14.3 Å². The summed E-state index contributed by atoms with van der Waals surface area (Å²) in [6, 6.07) is 14.8. The minimum Gasteiger partial charge on any atom is -0.491 e. The second-order valence-electron chi connectivity index (χ2n) is 10.9. The van der Waals surface area contributed by atoms with Gasteiger partial charge in [0.25, 0.3) is 0 Å². The lowest BCUT2D eigenvalue weighted by Gasteiger charge is -2.29. The molecule has 2 aromatic carbocycles. The van der Waals surface area contributed by atoms with Crippen LogP contribution in [-0.2, 0) is 11.3 Å². The molecular formula is C31H39N3O3. The van der Waals surface area contributed by atoms with Crippen molar-refractivity contribution in [1.82, 2.24) is 14.8 Å². The molecule has 1 unspecified atom stereocenters. The maximum atomic E-state index is 12.5. The molecule has 3 aliphatic rings. The highest BCUT2D eigenvalue weighted by Gasteiger charge is 2.30. The van der Waals surface area contributed by atoms with Gasteiger partial charge in [-0.15, -0.1) is 0 Å². The van der Waals surface area contributed by atoms with Crippen LogP contribution in [0.1, 0.15) is 66.8 Å². The summed E-state index contributed by atoms with van der Waals surface area (Å²) in [5.41, 5.74) is 5.59. The fourth-order valence-electron chi connectivity index (χ4n) is 6.71. The number of rotatable bonds is 6. The molecule has 1 N–H and O–H groups in total. The van der Waals surface area contributed by atoms with Gasteiger partial charge in [0.1, 0.15) is 12.4 Å². The maximum Gasteiger partial charge on any atom is 0.337 e. The van der Waals surface area contributed by atoms with Gasteiger partial charge in [-0.25, -0.2) is 4.79 Å². The van der Waals surface area contributed by atoms with E-state index < -0.39 is 0 Å². The van der Waals surface area contributed by atoms with Crippen LogP contribution in [0.2, 0.25) is 0 Å². The molecule has 2 aliphatic heterocycles. The predicted octanol–water partition coefficient (Wildman–Crippen LogP) is 5.59. The first-order valence-corrected chi connectivity index (χ1v) is 14.2. The number of methoxy groups -OCH3 is 1. The van der Waals surface area contributed by atoms with E-state index in [2.05, 4.69) is 45.1 Å². The van der Waals surface area contributed by atoms with Gasteiger partial charge in [0.05, 0.1) is 24.4 Å². The zero-order valence-electron chi connectivity index (χ0n) is 22.0. The number of hydrogen-bond donors (Lipinski definition) is 1. The SMILES string of the molecule is COC(=O)c1ccc2c(C3CCCCC3)c3n(c2c1)CC(NCCN1CCCC1)COc1ccccc1-3. The smallest absolute Gasteiger partial charge is 0.337 e. The number of hydrogen-bond acceptors (Lipinski definition) is 5. The van der Waals surface area contributed by atoms with Crippen LogP contribution < -0.4 is 10.1 Å². The Balaban J connectivity index is 1.46. The number of fused-ring (bicyclic) bond motifs is 5. The maximum absolute atomic E-state index is 12.5. The highest BCUT2D eigenvalue weighted by atomic mass is 16.5. The Morgan fingerprint density at radius 1 is 1.05 bits per heavy atom. The van der Waals surface area contributed by atoms with Crippen molar-refractivity contribution in [3.63, 3.8) is 0 Å². The van der Waals surface area contributed by atoms with Crippen LogP contribution in [0.4, 0.5) is 0 Å². The molecule has 1 saturated heterocycles. The number of benzene rings is 2. The summed E-state index contributed by atoms with van der Waals surface area (Å²) in [7, 11) is 1.46. The van der Waals surface area contributed by atoms with Crippen LogP contribution in [-0.4, -0.2) is 61.4 Å². The molecule has 1 atom stereocenters. The van der Waals surface area contributed by atoms with Gasteiger partial charge in [-0.1, -0.05) is 37.5 Å². The summed E-state index contributed by atoms with van der Waals surface area (Å²) in [6.45, 7) is 5.87. The lowest BCUT2D eigenvalue weighted by Crippen LogP contribution is -2.42. The van der Waals surface area contributed by atoms with Crippen LogP contribution in [0.3, 0.4) is 0 Å². The topological polar surface area (TPSA) is 55.7 Å². The second-order valence-corrected chi connectivity index (χ2v) is 10.9. The summed E-state index contributed by atoms with van der Waals surface area (Å²) in [5.74, 6) is 1.18. The number of esters is 1. The number of nitrogens with one attached hydrogen (secondary N) is 1. The molecule has 196 valence electrons. The molecular weight excluding hydrogens is 462 g/mol. The summed E-state index contributed by atoms with van der Waals surface area (Å²) in [5, 5.41) is 5.08. The average molecular weight is 502 g/mol. The summed E-state index contributed by atoms with van der Waals surface area (Å²) >= 11 is 0. The second kappa shape index (κ2) is 10.9. The Labute approximate surface area is 219 Å². The molecule has 0 bridgehead atoms. The van der Waals surface area contributed by atoms with E-state index in [1.54, 1.807) is 0 Å². The lowest BCUT2D eigenvalue weighted by atomic mass is 9.81. The lowest BCUT2D eigenvalue weighted by molar-refractivity contribution is 0.0601. The van der Waals surface area contributed by atoms with Crippen molar-refractivity contribution in [1.29, 1.82) is 0 Å². The normalized spacial score (nSPS) is 20.6. The van der Waals surface area contributed by atoms with E-state index in [9.17, 15) is 4.79 Å². The van der Waals surface area contributed by atoms with Crippen molar-refractivity contribution in [3.8, 4) is 17.0 Å². The van der Waals surface area contributed by atoms with Gasteiger partial charge in [0, 0.05) is 36.1 Å². The average Bonchev–Trinajstić information content (AvgIpc) is 3.56. The molecule has 3 aromatic rings. The Morgan fingerprint density at radius 2 is 1.86 bits per heavy atom. The van der Waals surface area contributed by atoms with E-state index in [-0.39, 0.29) is 12.0 Å². The summed E-state index contributed by atoms with van der Waals surface area (Å²) < 4.78 is 14.0. The van der Waals surface area contributed by atoms with E-state index in [1.165, 1.54) is 81.8 Å². The Bertz CT molecular complexity index is 1250. The summed E-state index contributed by atoms with van der Waals surface area (Å²) in [4.78, 5) is 15.1. The highest BCUT2D eigenvalue weighted by molar-refractivity contribution is 5.99. The van der Waals surface area contributed by atoms with Gasteiger partial charge >= 0.3 is 5.97 Å². The van der Waals surface area contributed by atoms with Crippen LogP contribution in [0.5, 0.6) is 5.75 Å². The molecule has 0 radical (unpaired) electrons. The zero-order valence-corrected chi connectivity index (χ0v) is 22.0. The van der Waals surface area contributed by atoms with E-state index in [0.29, 0.717) is 18.1 Å². The van der Waals surface area contributed by atoms with Gasteiger partial charge in [-0.05, 0) is 74.5 Å². The van der Waals surface area contributed by atoms with Gasteiger partial charge in [-0.3, -0.25) is 0 Å². The Morgan fingerprint density at radius 3 is 2.68 bits per heavy atom. The molecule has 37 heavy (non-hydrogen) atoms. The van der Waals surface area contributed by atoms with Crippen LogP contribution >= 0.6 is 0 Å². The highest BCUT2D eigenvalue weighted by Crippen LogP contribution is 2.46. The molecule has 0 amide bonds. The third kappa shape index (κ3) is 4.89.